The molecule has 0 aliphatic carbocycles. The molecule has 0 aliphatic rings. The lowest BCUT2D eigenvalue weighted by Gasteiger charge is -2.20. The third kappa shape index (κ3) is 5.52. The summed E-state index contributed by atoms with van der Waals surface area (Å²) in [5.74, 6) is 0.345. The largest absolute Gasteiger partial charge is 0.352 e. The fourth-order valence-electron chi connectivity index (χ4n) is 1.46. The number of amides is 1. The molecule has 102 valence electrons. The molecule has 3 nitrogen and oxygen atoms in total. The van der Waals surface area contributed by atoms with Gasteiger partial charge < -0.3 is 11.1 Å². The molecule has 18 heavy (non-hydrogen) atoms. The van der Waals surface area contributed by atoms with Gasteiger partial charge in [-0.15, -0.1) is 12.4 Å². The number of carbonyl (C=O) groups excluding carboxylic acids is 1. The van der Waals surface area contributed by atoms with Gasteiger partial charge in [-0.1, -0.05) is 44.2 Å². The van der Waals surface area contributed by atoms with E-state index in [0.29, 0.717) is 12.3 Å². The minimum atomic E-state index is -0.474. The molecule has 0 spiro atoms. The Kier molecular flexibility index (Phi) is 7.64. The van der Waals surface area contributed by atoms with Gasteiger partial charge in [0.1, 0.15) is 0 Å². The highest BCUT2D eigenvalue weighted by Crippen LogP contribution is 2.04. The number of rotatable bonds is 5. The molecule has 2 atom stereocenters. The molecule has 0 saturated heterocycles. The molecule has 4 heteroatoms. The second kappa shape index (κ2) is 8.11. The normalized spacial score (nSPS) is 13.6. The highest BCUT2D eigenvalue weighted by Gasteiger charge is 2.17. The van der Waals surface area contributed by atoms with Crippen LogP contribution in [0.5, 0.6) is 0 Å². The summed E-state index contributed by atoms with van der Waals surface area (Å²) in [7, 11) is 0. The first kappa shape index (κ1) is 16.9. The lowest BCUT2D eigenvalue weighted by molar-refractivity contribution is -0.123. The zero-order valence-corrected chi connectivity index (χ0v) is 12.0. The van der Waals surface area contributed by atoms with Crippen molar-refractivity contribution < 1.29 is 4.79 Å². The molecular formula is C14H23ClN2O. The maximum Gasteiger partial charge on any atom is 0.237 e. The van der Waals surface area contributed by atoms with E-state index in [1.54, 1.807) is 0 Å². The zero-order valence-electron chi connectivity index (χ0n) is 11.2. The Bertz CT molecular complexity index is 354. The van der Waals surface area contributed by atoms with Crippen molar-refractivity contribution in [1.82, 2.24) is 5.32 Å². The maximum absolute atomic E-state index is 11.8. The number of halogens is 1. The standard InChI is InChI=1S/C14H22N2O.ClH/c1-10(2)11(3)16-14(17)13(15)9-12-7-5-4-6-8-12;/h4-8,10-11,13H,9,15H2,1-3H3,(H,16,17);1H. The third-order valence-electron chi connectivity index (χ3n) is 3.01. The Morgan fingerprint density at radius 1 is 1.22 bits per heavy atom. The van der Waals surface area contributed by atoms with E-state index in [0.717, 1.165) is 5.56 Å². The van der Waals surface area contributed by atoms with Gasteiger partial charge in [-0.2, -0.15) is 0 Å². The molecule has 1 aromatic carbocycles. The molecule has 0 heterocycles. The summed E-state index contributed by atoms with van der Waals surface area (Å²) in [6, 6.07) is 9.52. The molecule has 3 N–H and O–H groups in total. The Morgan fingerprint density at radius 2 is 1.78 bits per heavy atom. The summed E-state index contributed by atoms with van der Waals surface area (Å²) in [5, 5.41) is 2.94. The van der Waals surface area contributed by atoms with Gasteiger partial charge in [0.05, 0.1) is 6.04 Å². The van der Waals surface area contributed by atoms with Crippen LogP contribution in [0.4, 0.5) is 0 Å². The minimum Gasteiger partial charge on any atom is -0.352 e. The van der Waals surface area contributed by atoms with Gasteiger partial charge in [0.2, 0.25) is 5.91 Å². The number of nitrogens with two attached hydrogens (primary N) is 1. The van der Waals surface area contributed by atoms with Crippen LogP contribution in [-0.4, -0.2) is 18.0 Å². The average molecular weight is 271 g/mol. The second-order valence-electron chi connectivity index (χ2n) is 4.84. The SMILES string of the molecule is CC(C)C(C)NC(=O)C(N)Cc1ccccc1.Cl. The van der Waals surface area contributed by atoms with Crippen molar-refractivity contribution in [3.8, 4) is 0 Å². The van der Waals surface area contributed by atoms with Crippen LogP contribution in [0.2, 0.25) is 0 Å². The van der Waals surface area contributed by atoms with Gasteiger partial charge in [0, 0.05) is 6.04 Å². The number of carbonyl (C=O) groups is 1. The monoisotopic (exact) mass is 270 g/mol. The molecule has 0 bridgehead atoms. The quantitative estimate of drug-likeness (QED) is 0.861. The van der Waals surface area contributed by atoms with Crippen molar-refractivity contribution in [1.29, 1.82) is 0 Å². The van der Waals surface area contributed by atoms with Crippen LogP contribution in [-0.2, 0) is 11.2 Å². The van der Waals surface area contributed by atoms with Crippen molar-refractivity contribution in [3.05, 3.63) is 35.9 Å². The number of nitrogens with one attached hydrogen (secondary N) is 1. The molecule has 1 aromatic rings. The van der Waals surface area contributed by atoms with E-state index >= 15 is 0 Å². The molecule has 1 amide bonds. The summed E-state index contributed by atoms with van der Waals surface area (Å²) >= 11 is 0. The van der Waals surface area contributed by atoms with Crippen LogP contribution in [0.25, 0.3) is 0 Å². The van der Waals surface area contributed by atoms with Crippen LogP contribution in [0.1, 0.15) is 26.3 Å². The molecule has 0 fully saturated rings. The predicted octanol–water partition coefficient (Wildman–Crippen LogP) is 2.14. The van der Waals surface area contributed by atoms with Crippen LogP contribution in [0.15, 0.2) is 30.3 Å². The number of hydrogen-bond acceptors (Lipinski definition) is 2. The average Bonchev–Trinajstić information content (AvgIpc) is 2.29. The summed E-state index contributed by atoms with van der Waals surface area (Å²) in [4.78, 5) is 11.8. The number of hydrogen-bond donors (Lipinski definition) is 2. The van der Waals surface area contributed by atoms with Crippen LogP contribution < -0.4 is 11.1 Å². The smallest absolute Gasteiger partial charge is 0.237 e. The van der Waals surface area contributed by atoms with E-state index < -0.39 is 6.04 Å². The highest BCUT2D eigenvalue weighted by molar-refractivity contribution is 5.85. The summed E-state index contributed by atoms with van der Waals surface area (Å²) < 4.78 is 0. The van der Waals surface area contributed by atoms with Crippen molar-refractivity contribution in [2.45, 2.75) is 39.3 Å². The Labute approximate surface area is 116 Å². The first-order chi connectivity index (χ1) is 8.00. The van der Waals surface area contributed by atoms with Crippen molar-refractivity contribution in [2.24, 2.45) is 11.7 Å². The van der Waals surface area contributed by atoms with Crippen molar-refractivity contribution >= 4 is 18.3 Å². The third-order valence-corrected chi connectivity index (χ3v) is 3.01. The summed E-state index contributed by atoms with van der Waals surface area (Å²) in [5.41, 5.74) is 6.98. The van der Waals surface area contributed by atoms with Gasteiger partial charge in [-0.05, 0) is 24.8 Å². The van der Waals surface area contributed by atoms with Crippen LogP contribution in [0, 0.1) is 5.92 Å². The van der Waals surface area contributed by atoms with E-state index in [1.807, 2.05) is 37.3 Å². The molecule has 0 saturated carbocycles. The molecule has 0 aliphatic heterocycles. The minimum absolute atomic E-state index is 0. The molecule has 0 aromatic heterocycles. The predicted molar refractivity (Wildman–Crippen MR) is 77.8 cm³/mol. The van der Waals surface area contributed by atoms with Crippen molar-refractivity contribution in [3.63, 3.8) is 0 Å². The summed E-state index contributed by atoms with van der Waals surface area (Å²) in [6.45, 7) is 6.15. The second-order valence-corrected chi connectivity index (χ2v) is 4.84. The van der Waals surface area contributed by atoms with E-state index in [4.69, 9.17) is 5.73 Å². The van der Waals surface area contributed by atoms with Gasteiger partial charge in [-0.25, -0.2) is 0 Å². The molecule has 2 unspecified atom stereocenters. The number of benzene rings is 1. The lowest BCUT2D eigenvalue weighted by Crippen LogP contribution is -2.47. The van der Waals surface area contributed by atoms with Gasteiger partial charge in [-0.3, -0.25) is 4.79 Å². The fourth-order valence-corrected chi connectivity index (χ4v) is 1.46. The molecular weight excluding hydrogens is 248 g/mol. The first-order valence-electron chi connectivity index (χ1n) is 6.10. The Morgan fingerprint density at radius 3 is 2.28 bits per heavy atom. The van der Waals surface area contributed by atoms with Crippen LogP contribution in [0.3, 0.4) is 0 Å². The van der Waals surface area contributed by atoms with Crippen molar-refractivity contribution in [2.75, 3.05) is 0 Å². The van der Waals surface area contributed by atoms with E-state index in [9.17, 15) is 4.79 Å². The topological polar surface area (TPSA) is 55.1 Å². The van der Waals surface area contributed by atoms with Gasteiger partial charge in [0.25, 0.3) is 0 Å². The van der Waals surface area contributed by atoms with Gasteiger partial charge in [0.15, 0.2) is 0 Å². The first-order valence-corrected chi connectivity index (χ1v) is 6.10. The van der Waals surface area contributed by atoms with E-state index in [-0.39, 0.29) is 24.4 Å². The molecule has 1 rings (SSSR count). The summed E-state index contributed by atoms with van der Waals surface area (Å²) in [6.07, 6.45) is 0.581. The zero-order chi connectivity index (χ0) is 12.8. The molecule has 0 radical (unpaired) electrons. The lowest BCUT2D eigenvalue weighted by atomic mass is 10.0. The maximum atomic E-state index is 11.8. The fraction of sp³-hybridized carbons (Fsp3) is 0.500. The van der Waals surface area contributed by atoms with Gasteiger partial charge >= 0.3 is 0 Å². The van der Waals surface area contributed by atoms with E-state index in [2.05, 4.69) is 19.2 Å². The Hall–Kier alpha value is -1.06. The van der Waals surface area contributed by atoms with Crippen LogP contribution >= 0.6 is 12.4 Å². The highest BCUT2D eigenvalue weighted by atomic mass is 35.5. The Balaban J connectivity index is 0.00000289. The van der Waals surface area contributed by atoms with E-state index in [1.165, 1.54) is 0 Å².